The van der Waals surface area contributed by atoms with Crippen molar-refractivity contribution in [3.8, 4) is 5.69 Å². The van der Waals surface area contributed by atoms with E-state index in [0.717, 1.165) is 0 Å². The van der Waals surface area contributed by atoms with Gasteiger partial charge in [0.05, 0.1) is 11.0 Å². The van der Waals surface area contributed by atoms with Crippen LogP contribution in [-0.4, -0.2) is 24.8 Å². The maximum absolute atomic E-state index is 11.0. The second-order valence-electron chi connectivity index (χ2n) is 3.52. The quantitative estimate of drug-likeness (QED) is 0.636. The highest BCUT2D eigenvalue weighted by molar-refractivity contribution is 5.53. The van der Waals surface area contributed by atoms with Crippen molar-refractivity contribution in [3.63, 3.8) is 0 Å². The number of aliphatic hydroxyl groups is 1. The molecule has 0 amide bonds. The SMILES string of the molecule is CC(O)c1ccc(-n2cncn2)c([N+](=O)[O-])c1. The Hall–Kier alpha value is -2.28. The first-order valence-electron chi connectivity index (χ1n) is 4.91. The molecule has 2 rings (SSSR count). The Balaban J connectivity index is 2.57. The Morgan fingerprint density at radius 3 is 2.82 bits per heavy atom. The number of nitro groups is 1. The van der Waals surface area contributed by atoms with Gasteiger partial charge in [-0.3, -0.25) is 10.1 Å². The number of nitro benzene ring substituents is 1. The minimum absolute atomic E-state index is 0.117. The van der Waals surface area contributed by atoms with Gasteiger partial charge in [0, 0.05) is 6.07 Å². The predicted molar refractivity (Wildman–Crippen MR) is 58.6 cm³/mol. The predicted octanol–water partition coefficient (Wildman–Crippen LogP) is 1.23. The lowest BCUT2D eigenvalue weighted by atomic mass is 10.1. The van der Waals surface area contributed by atoms with Crippen molar-refractivity contribution in [1.29, 1.82) is 0 Å². The molecule has 0 saturated carbocycles. The van der Waals surface area contributed by atoms with Gasteiger partial charge in [-0.1, -0.05) is 6.07 Å². The first kappa shape index (κ1) is 11.2. The summed E-state index contributed by atoms with van der Waals surface area (Å²) >= 11 is 0. The van der Waals surface area contributed by atoms with Crippen molar-refractivity contribution in [2.75, 3.05) is 0 Å². The second-order valence-corrected chi connectivity index (χ2v) is 3.52. The fourth-order valence-corrected chi connectivity index (χ4v) is 1.47. The first-order chi connectivity index (χ1) is 8.09. The zero-order valence-electron chi connectivity index (χ0n) is 9.02. The van der Waals surface area contributed by atoms with Gasteiger partial charge in [0.15, 0.2) is 0 Å². The number of aromatic nitrogens is 3. The third kappa shape index (κ3) is 2.13. The van der Waals surface area contributed by atoms with Crippen molar-refractivity contribution in [1.82, 2.24) is 14.8 Å². The van der Waals surface area contributed by atoms with E-state index >= 15 is 0 Å². The highest BCUT2D eigenvalue weighted by atomic mass is 16.6. The zero-order chi connectivity index (χ0) is 12.4. The highest BCUT2D eigenvalue weighted by Gasteiger charge is 2.17. The minimum atomic E-state index is -0.751. The van der Waals surface area contributed by atoms with E-state index < -0.39 is 11.0 Å². The fourth-order valence-electron chi connectivity index (χ4n) is 1.47. The number of nitrogens with zero attached hydrogens (tertiary/aromatic N) is 4. The molecule has 0 radical (unpaired) electrons. The van der Waals surface area contributed by atoms with E-state index in [1.165, 1.54) is 29.5 Å². The van der Waals surface area contributed by atoms with Gasteiger partial charge in [-0.2, -0.15) is 5.10 Å². The van der Waals surface area contributed by atoms with Crippen LogP contribution in [0.5, 0.6) is 0 Å². The molecule has 0 spiro atoms. The largest absolute Gasteiger partial charge is 0.389 e. The molecule has 17 heavy (non-hydrogen) atoms. The maximum Gasteiger partial charge on any atom is 0.295 e. The Morgan fingerprint density at radius 2 is 2.29 bits per heavy atom. The maximum atomic E-state index is 11.0. The molecule has 0 fully saturated rings. The molecule has 0 aliphatic heterocycles. The lowest BCUT2D eigenvalue weighted by Gasteiger charge is -2.07. The van der Waals surface area contributed by atoms with Crippen LogP contribution in [0.4, 0.5) is 5.69 Å². The number of rotatable bonds is 3. The van der Waals surface area contributed by atoms with Gasteiger partial charge in [-0.15, -0.1) is 0 Å². The summed E-state index contributed by atoms with van der Waals surface area (Å²) in [6.07, 6.45) is 1.93. The molecule has 0 bridgehead atoms. The molecule has 1 heterocycles. The summed E-state index contributed by atoms with van der Waals surface area (Å²) in [5, 5.41) is 24.2. The van der Waals surface area contributed by atoms with Crippen molar-refractivity contribution >= 4 is 5.69 Å². The number of hydrogen-bond acceptors (Lipinski definition) is 5. The summed E-state index contributed by atoms with van der Waals surface area (Å²) in [7, 11) is 0. The first-order valence-corrected chi connectivity index (χ1v) is 4.91. The molecule has 0 aliphatic rings. The fraction of sp³-hybridized carbons (Fsp3) is 0.200. The molecule has 1 N–H and O–H groups in total. The van der Waals surface area contributed by atoms with Crippen LogP contribution in [-0.2, 0) is 0 Å². The average Bonchev–Trinajstić information content (AvgIpc) is 2.81. The van der Waals surface area contributed by atoms with E-state index in [0.29, 0.717) is 11.3 Å². The Bertz CT molecular complexity index is 536. The molecule has 1 aromatic heterocycles. The summed E-state index contributed by atoms with van der Waals surface area (Å²) in [5.41, 5.74) is 0.686. The molecule has 7 heteroatoms. The van der Waals surface area contributed by atoms with Crippen LogP contribution < -0.4 is 0 Å². The van der Waals surface area contributed by atoms with Gasteiger partial charge in [0.25, 0.3) is 5.69 Å². The second kappa shape index (κ2) is 4.30. The van der Waals surface area contributed by atoms with Gasteiger partial charge in [-0.25, -0.2) is 9.67 Å². The number of aliphatic hydroxyl groups excluding tert-OH is 1. The van der Waals surface area contributed by atoms with E-state index in [4.69, 9.17) is 0 Å². The Labute approximate surface area is 96.5 Å². The van der Waals surface area contributed by atoms with Crippen LogP contribution in [0, 0.1) is 10.1 Å². The minimum Gasteiger partial charge on any atom is -0.389 e. The molecule has 7 nitrogen and oxygen atoms in total. The van der Waals surface area contributed by atoms with Gasteiger partial charge in [0.1, 0.15) is 18.3 Å². The standard InChI is InChI=1S/C10H10N4O3/c1-7(15)8-2-3-9(10(4-8)14(16)17)13-6-11-5-12-13/h2-7,15H,1H3. The summed E-state index contributed by atoms with van der Waals surface area (Å²) in [4.78, 5) is 14.2. The third-order valence-electron chi connectivity index (χ3n) is 2.34. The lowest BCUT2D eigenvalue weighted by molar-refractivity contribution is -0.384. The van der Waals surface area contributed by atoms with Crippen LogP contribution in [0.2, 0.25) is 0 Å². The molecule has 88 valence electrons. The molecule has 1 aromatic carbocycles. The van der Waals surface area contributed by atoms with E-state index in [-0.39, 0.29) is 5.69 Å². The molecule has 0 saturated heterocycles. The smallest absolute Gasteiger partial charge is 0.295 e. The third-order valence-corrected chi connectivity index (χ3v) is 2.34. The Kier molecular flexibility index (Phi) is 2.84. The monoisotopic (exact) mass is 234 g/mol. The van der Waals surface area contributed by atoms with E-state index in [1.807, 2.05) is 0 Å². The summed E-state index contributed by atoms with van der Waals surface area (Å²) in [6.45, 7) is 1.55. The van der Waals surface area contributed by atoms with E-state index in [2.05, 4.69) is 10.1 Å². The van der Waals surface area contributed by atoms with Crippen LogP contribution >= 0.6 is 0 Å². The topological polar surface area (TPSA) is 94.1 Å². The normalized spacial score (nSPS) is 12.4. The molecule has 2 aromatic rings. The van der Waals surface area contributed by atoms with E-state index in [9.17, 15) is 15.2 Å². The van der Waals surface area contributed by atoms with Crippen molar-refractivity contribution in [3.05, 3.63) is 46.5 Å². The molecule has 1 unspecified atom stereocenters. The molecule has 0 aliphatic carbocycles. The van der Waals surface area contributed by atoms with Crippen LogP contribution in [0.15, 0.2) is 30.9 Å². The summed E-state index contributed by atoms with van der Waals surface area (Å²) in [5.74, 6) is 0. The van der Waals surface area contributed by atoms with Crippen molar-refractivity contribution in [2.45, 2.75) is 13.0 Å². The highest BCUT2D eigenvalue weighted by Crippen LogP contribution is 2.26. The molecular weight excluding hydrogens is 224 g/mol. The average molecular weight is 234 g/mol. The van der Waals surface area contributed by atoms with Gasteiger partial charge < -0.3 is 5.11 Å². The number of benzene rings is 1. The van der Waals surface area contributed by atoms with Crippen LogP contribution in [0.1, 0.15) is 18.6 Å². The number of hydrogen-bond donors (Lipinski definition) is 1. The van der Waals surface area contributed by atoms with Gasteiger partial charge >= 0.3 is 0 Å². The zero-order valence-corrected chi connectivity index (χ0v) is 9.02. The van der Waals surface area contributed by atoms with Gasteiger partial charge in [-0.05, 0) is 18.6 Å². The lowest BCUT2D eigenvalue weighted by Crippen LogP contribution is -2.02. The van der Waals surface area contributed by atoms with Crippen molar-refractivity contribution < 1.29 is 10.0 Å². The summed E-state index contributed by atoms with van der Waals surface area (Å²) in [6, 6.07) is 4.49. The van der Waals surface area contributed by atoms with E-state index in [1.54, 1.807) is 13.0 Å². The molecular formula is C10H10N4O3. The van der Waals surface area contributed by atoms with Gasteiger partial charge in [0.2, 0.25) is 0 Å². The van der Waals surface area contributed by atoms with Crippen LogP contribution in [0.3, 0.4) is 0 Å². The molecule has 1 atom stereocenters. The van der Waals surface area contributed by atoms with Crippen molar-refractivity contribution in [2.24, 2.45) is 0 Å². The Morgan fingerprint density at radius 1 is 1.53 bits per heavy atom. The summed E-state index contributed by atoms with van der Waals surface area (Å²) < 4.78 is 1.31. The van der Waals surface area contributed by atoms with Crippen LogP contribution in [0.25, 0.3) is 5.69 Å².